The molecule has 2 rings (SSSR count). The van der Waals surface area contributed by atoms with Gasteiger partial charge >= 0.3 is 0 Å². The molecule has 0 aliphatic heterocycles. The van der Waals surface area contributed by atoms with E-state index in [-0.39, 0.29) is 5.57 Å². The normalized spacial score (nSPS) is 9.29. The van der Waals surface area contributed by atoms with Crippen molar-refractivity contribution in [2.45, 2.75) is 6.61 Å². The quantitative estimate of drug-likeness (QED) is 0.788. The van der Waals surface area contributed by atoms with Crippen molar-refractivity contribution in [1.29, 1.82) is 10.5 Å². The number of hydrogen-bond donors (Lipinski definition) is 0. The molecular weight excluding hydrogens is 284 g/mol. The van der Waals surface area contributed by atoms with E-state index in [1.807, 2.05) is 42.5 Å². The summed E-state index contributed by atoms with van der Waals surface area (Å²) in [6, 6.07) is 18.5. The van der Waals surface area contributed by atoms with Crippen LogP contribution in [0.5, 0.6) is 5.75 Å². The second kappa shape index (κ2) is 7.14. The fourth-order valence-corrected chi connectivity index (χ4v) is 1.92. The maximum Gasteiger partial charge on any atom is 0.130 e. The monoisotopic (exact) mass is 294 g/mol. The molecule has 0 aliphatic carbocycles. The zero-order valence-electron chi connectivity index (χ0n) is 11.1. The van der Waals surface area contributed by atoms with Gasteiger partial charge in [-0.3, -0.25) is 0 Å². The molecule has 0 saturated carbocycles. The Labute approximate surface area is 128 Å². The summed E-state index contributed by atoms with van der Waals surface area (Å²) < 4.78 is 5.75. The van der Waals surface area contributed by atoms with Crippen LogP contribution in [0.25, 0.3) is 6.08 Å². The summed E-state index contributed by atoms with van der Waals surface area (Å²) in [5.74, 6) is 0.575. The molecule has 0 spiro atoms. The first-order chi connectivity index (χ1) is 10.2. The van der Waals surface area contributed by atoms with Crippen LogP contribution in [0.3, 0.4) is 0 Å². The van der Waals surface area contributed by atoms with Gasteiger partial charge in [-0.15, -0.1) is 0 Å². The van der Waals surface area contributed by atoms with Crippen LogP contribution in [0.2, 0.25) is 5.02 Å². The molecule has 3 nitrogen and oxygen atoms in total. The van der Waals surface area contributed by atoms with Gasteiger partial charge in [0.05, 0.1) is 0 Å². The molecule has 21 heavy (non-hydrogen) atoms. The van der Waals surface area contributed by atoms with E-state index < -0.39 is 0 Å². The Morgan fingerprint density at radius 2 is 1.81 bits per heavy atom. The number of rotatable bonds is 4. The lowest BCUT2D eigenvalue weighted by atomic mass is 10.1. The second-order valence-electron chi connectivity index (χ2n) is 4.24. The first kappa shape index (κ1) is 14.7. The Kier molecular flexibility index (Phi) is 4.99. The maximum atomic E-state index is 8.84. The Bertz CT molecular complexity index is 724. The zero-order chi connectivity index (χ0) is 15.1. The summed E-state index contributed by atoms with van der Waals surface area (Å²) in [5.41, 5.74) is 1.64. The number of nitriles is 2. The van der Waals surface area contributed by atoms with Gasteiger partial charge in [0, 0.05) is 10.6 Å². The summed E-state index contributed by atoms with van der Waals surface area (Å²) in [5, 5.41) is 18.2. The van der Waals surface area contributed by atoms with Gasteiger partial charge in [-0.25, -0.2) is 0 Å². The van der Waals surface area contributed by atoms with Crippen molar-refractivity contribution in [3.63, 3.8) is 0 Å². The average Bonchev–Trinajstić information content (AvgIpc) is 2.52. The van der Waals surface area contributed by atoms with Crippen LogP contribution in [0.4, 0.5) is 0 Å². The molecule has 2 aromatic rings. The molecule has 102 valence electrons. The van der Waals surface area contributed by atoms with E-state index in [2.05, 4.69) is 0 Å². The van der Waals surface area contributed by atoms with Gasteiger partial charge in [-0.2, -0.15) is 10.5 Å². The maximum absolute atomic E-state index is 8.84. The molecule has 0 radical (unpaired) electrons. The number of halogens is 1. The minimum Gasteiger partial charge on any atom is -0.488 e. The van der Waals surface area contributed by atoms with Crippen molar-refractivity contribution in [3.8, 4) is 17.9 Å². The third-order valence-corrected chi connectivity index (χ3v) is 2.98. The number of allylic oxidation sites excluding steroid dienone is 1. The Hall–Kier alpha value is -2.75. The molecule has 0 heterocycles. The Balaban J connectivity index is 2.26. The van der Waals surface area contributed by atoms with Gasteiger partial charge in [0.25, 0.3) is 0 Å². The van der Waals surface area contributed by atoms with E-state index in [1.165, 1.54) is 6.08 Å². The molecule has 0 aromatic heterocycles. The smallest absolute Gasteiger partial charge is 0.130 e. The highest BCUT2D eigenvalue weighted by Gasteiger charge is 2.05. The minimum absolute atomic E-state index is 0.00169. The number of benzene rings is 2. The largest absolute Gasteiger partial charge is 0.488 e. The lowest BCUT2D eigenvalue weighted by molar-refractivity contribution is 0.305. The van der Waals surface area contributed by atoms with Crippen LogP contribution < -0.4 is 4.74 Å². The summed E-state index contributed by atoms with van der Waals surface area (Å²) in [6.45, 7) is 0.401. The van der Waals surface area contributed by atoms with Crippen LogP contribution in [0.1, 0.15) is 11.1 Å². The molecule has 0 atom stereocenters. The van der Waals surface area contributed by atoms with Crippen LogP contribution in [0, 0.1) is 22.7 Å². The lowest BCUT2D eigenvalue weighted by Gasteiger charge is -2.09. The Morgan fingerprint density at radius 1 is 1.10 bits per heavy atom. The topological polar surface area (TPSA) is 56.8 Å². The molecule has 0 bridgehead atoms. The van der Waals surface area contributed by atoms with E-state index in [1.54, 1.807) is 18.2 Å². The first-order valence-corrected chi connectivity index (χ1v) is 6.59. The van der Waals surface area contributed by atoms with E-state index in [0.717, 1.165) is 5.56 Å². The van der Waals surface area contributed by atoms with Gasteiger partial charge in [0.2, 0.25) is 0 Å². The summed E-state index contributed by atoms with van der Waals surface area (Å²) in [7, 11) is 0. The summed E-state index contributed by atoms with van der Waals surface area (Å²) >= 11 is 5.95. The van der Waals surface area contributed by atoms with Gasteiger partial charge in [0.15, 0.2) is 0 Å². The van der Waals surface area contributed by atoms with E-state index >= 15 is 0 Å². The first-order valence-electron chi connectivity index (χ1n) is 6.21. The lowest BCUT2D eigenvalue weighted by Crippen LogP contribution is -1.97. The van der Waals surface area contributed by atoms with Crippen LogP contribution in [0.15, 0.2) is 54.1 Å². The van der Waals surface area contributed by atoms with Gasteiger partial charge in [0.1, 0.15) is 30.1 Å². The average molecular weight is 295 g/mol. The molecule has 0 saturated heterocycles. The van der Waals surface area contributed by atoms with Crippen molar-refractivity contribution < 1.29 is 4.74 Å². The van der Waals surface area contributed by atoms with Crippen molar-refractivity contribution in [3.05, 3.63) is 70.3 Å². The van der Waals surface area contributed by atoms with Crippen molar-refractivity contribution in [1.82, 2.24) is 0 Å². The van der Waals surface area contributed by atoms with Gasteiger partial charge < -0.3 is 4.74 Å². The van der Waals surface area contributed by atoms with Crippen molar-refractivity contribution in [2.75, 3.05) is 0 Å². The number of ether oxygens (including phenoxy) is 1. The van der Waals surface area contributed by atoms with Crippen LogP contribution in [-0.4, -0.2) is 0 Å². The standard InChI is InChI=1S/C17H11ClN2O/c18-16-6-7-17(15(9-16)8-14(10-19)11-20)21-12-13-4-2-1-3-5-13/h1-9H,12H2. The van der Waals surface area contributed by atoms with E-state index in [4.69, 9.17) is 26.9 Å². The molecule has 2 aromatic carbocycles. The SMILES string of the molecule is N#CC(C#N)=Cc1cc(Cl)ccc1OCc1ccccc1. The number of hydrogen-bond acceptors (Lipinski definition) is 3. The Morgan fingerprint density at radius 3 is 2.48 bits per heavy atom. The van der Waals surface area contributed by atoms with Gasteiger partial charge in [-0.1, -0.05) is 41.9 Å². The third-order valence-electron chi connectivity index (χ3n) is 2.75. The van der Waals surface area contributed by atoms with Crippen molar-refractivity contribution >= 4 is 17.7 Å². The third kappa shape index (κ3) is 4.11. The highest BCUT2D eigenvalue weighted by molar-refractivity contribution is 6.30. The second-order valence-corrected chi connectivity index (χ2v) is 4.67. The molecular formula is C17H11ClN2O. The molecule has 0 unspecified atom stereocenters. The molecule has 0 N–H and O–H groups in total. The summed E-state index contributed by atoms with van der Waals surface area (Å²) in [4.78, 5) is 0. The zero-order valence-corrected chi connectivity index (χ0v) is 11.8. The molecule has 4 heteroatoms. The van der Waals surface area contributed by atoms with E-state index in [0.29, 0.717) is 22.9 Å². The highest BCUT2D eigenvalue weighted by Crippen LogP contribution is 2.26. The minimum atomic E-state index is 0.00169. The predicted molar refractivity (Wildman–Crippen MR) is 81.4 cm³/mol. The highest BCUT2D eigenvalue weighted by atomic mass is 35.5. The fourth-order valence-electron chi connectivity index (χ4n) is 1.74. The molecule has 0 fully saturated rings. The molecule has 0 aliphatic rings. The van der Waals surface area contributed by atoms with E-state index in [9.17, 15) is 0 Å². The number of nitrogens with zero attached hydrogens (tertiary/aromatic N) is 2. The predicted octanol–water partition coefficient (Wildman–Crippen LogP) is 4.35. The fraction of sp³-hybridized carbons (Fsp3) is 0.0588. The van der Waals surface area contributed by atoms with Crippen LogP contribution >= 0.6 is 11.6 Å². The summed E-state index contributed by atoms with van der Waals surface area (Å²) in [6.07, 6.45) is 1.46. The van der Waals surface area contributed by atoms with Crippen LogP contribution in [-0.2, 0) is 6.61 Å². The van der Waals surface area contributed by atoms with Gasteiger partial charge in [-0.05, 0) is 29.8 Å². The van der Waals surface area contributed by atoms with Crippen molar-refractivity contribution in [2.24, 2.45) is 0 Å². The molecule has 0 amide bonds.